The second kappa shape index (κ2) is 4.82. The summed E-state index contributed by atoms with van der Waals surface area (Å²) >= 11 is 0. The lowest BCUT2D eigenvalue weighted by molar-refractivity contribution is 0.0594. The minimum atomic E-state index is -0.630. The largest absolute Gasteiger partial charge is 0.464 e. The molecule has 2 rings (SSSR count). The summed E-state index contributed by atoms with van der Waals surface area (Å²) in [5, 5.41) is 11.5. The third-order valence-electron chi connectivity index (χ3n) is 2.72. The van der Waals surface area contributed by atoms with Gasteiger partial charge in [-0.25, -0.2) is 4.79 Å². The van der Waals surface area contributed by atoms with Crippen molar-refractivity contribution in [2.75, 3.05) is 7.11 Å². The molecule has 19 heavy (non-hydrogen) atoms. The van der Waals surface area contributed by atoms with Gasteiger partial charge >= 0.3 is 5.97 Å². The second-order valence-electron chi connectivity index (χ2n) is 3.91. The highest BCUT2D eigenvalue weighted by Gasteiger charge is 2.21. The van der Waals surface area contributed by atoms with Gasteiger partial charge in [0.15, 0.2) is 5.69 Å². The molecule has 0 spiro atoms. The van der Waals surface area contributed by atoms with Crippen molar-refractivity contribution >= 4 is 5.97 Å². The number of hydrogen-bond acceptors (Lipinski definition) is 4. The number of aryl methyl sites for hydroxylation is 1. The zero-order valence-corrected chi connectivity index (χ0v) is 10.4. The van der Waals surface area contributed by atoms with Gasteiger partial charge in [-0.15, -0.1) is 0 Å². The SMILES string of the molecule is COC(=O)c1[nH]n(C)c(=O)c1-c1cccc(C#N)c1. The molecule has 0 atom stereocenters. The number of aromatic amines is 1. The van der Waals surface area contributed by atoms with E-state index < -0.39 is 5.97 Å². The quantitative estimate of drug-likeness (QED) is 0.814. The summed E-state index contributed by atoms with van der Waals surface area (Å²) in [7, 11) is 2.75. The van der Waals surface area contributed by atoms with E-state index >= 15 is 0 Å². The molecule has 1 N–H and O–H groups in total. The number of esters is 1. The number of ether oxygens (including phenoxy) is 1. The van der Waals surface area contributed by atoms with E-state index in [4.69, 9.17) is 5.26 Å². The van der Waals surface area contributed by atoms with Gasteiger partial charge < -0.3 is 4.74 Å². The lowest BCUT2D eigenvalue weighted by Crippen LogP contribution is -2.13. The molecule has 0 saturated carbocycles. The van der Waals surface area contributed by atoms with Crippen molar-refractivity contribution in [3.63, 3.8) is 0 Å². The Labute approximate surface area is 108 Å². The van der Waals surface area contributed by atoms with Crippen LogP contribution in [0.2, 0.25) is 0 Å². The number of methoxy groups -OCH3 is 1. The molecule has 1 heterocycles. The van der Waals surface area contributed by atoms with Crippen molar-refractivity contribution in [1.29, 1.82) is 5.26 Å². The Balaban J connectivity index is 2.71. The smallest absolute Gasteiger partial charge is 0.356 e. The average molecular weight is 257 g/mol. The summed E-state index contributed by atoms with van der Waals surface area (Å²) in [6.07, 6.45) is 0. The first-order valence-corrected chi connectivity index (χ1v) is 5.46. The second-order valence-corrected chi connectivity index (χ2v) is 3.91. The molecule has 0 bridgehead atoms. The van der Waals surface area contributed by atoms with Crippen molar-refractivity contribution in [2.45, 2.75) is 0 Å². The summed E-state index contributed by atoms with van der Waals surface area (Å²) in [5.41, 5.74) is 0.838. The molecule has 0 saturated heterocycles. The third-order valence-corrected chi connectivity index (χ3v) is 2.72. The van der Waals surface area contributed by atoms with E-state index in [1.165, 1.54) is 18.8 Å². The molecule has 0 radical (unpaired) electrons. The highest BCUT2D eigenvalue weighted by molar-refractivity contribution is 5.95. The van der Waals surface area contributed by atoms with Gasteiger partial charge in [-0.1, -0.05) is 12.1 Å². The van der Waals surface area contributed by atoms with Crippen LogP contribution in [-0.4, -0.2) is 22.9 Å². The number of carbonyl (C=O) groups is 1. The maximum atomic E-state index is 12.1. The summed E-state index contributed by atoms with van der Waals surface area (Å²) in [5.74, 6) is -0.630. The number of nitrogens with one attached hydrogen (secondary N) is 1. The van der Waals surface area contributed by atoms with E-state index in [2.05, 4.69) is 9.84 Å². The number of aromatic nitrogens is 2. The van der Waals surface area contributed by atoms with E-state index in [9.17, 15) is 9.59 Å². The van der Waals surface area contributed by atoms with Crippen molar-refractivity contribution in [1.82, 2.24) is 9.78 Å². The lowest BCUT2D eigenvalue weighted by Gasteiger charge is -2.01. The minimum Gasteiger partial charge on any atom is -0.464 e. The Morgan fingerprint density at radius 2 is 2.21 bits per heavy atom. The summed E-state index contributed by atoms with van der Waals surface area (Å²) < 4.78 is 5.83. The Morgan fingerprint density at radius 3 is 2.84 bits per heavy atom. The van der Waals surface area contributed by atoms with E-state index in [0.717, 1.165) is 0 Å². The first-order valence-electron chi connectivity index (χ1n) is 5.46. The number of nitriles is 1. The molecule has 0 unspecified atom stereocenters. The zero-order valence-electron chi connectivity index (χ0n) is 10.4. The fourth-order valence-corrected chi connectivity index (χ4v) is 1.81. The number of H-pyrrole nitrogens is 1. The van der Waals surface area contributed by atoms with E-state index in [1.807, 2.05) is 6.07 Å². The Kier molecular flexibility index (Phi) is 3.21. The maximum Gasteiger partial charge on any atom is 0.356 e. The van der Waals surface area contributed by atoms with Gasteiger partial charge in [0.1, 0.15) is 0 Å². The summed E-state index contributed by atoms with van der Waals surface area (Å²) in [4.78, 5) is 23.7. The highest BCUT2D eigenvalue weighted by atomic mass is 16.5. The predicted molar refractivity (Wildman–Crippen MR) is 67.5 cm³/mol. The van der Waals surface area contributed by atoms with Gasteiger partial charge in [0.25, 0.3) is 5.56 Å². The van der Waals surface area contributed by atoms with Gasteiger partial charge in [-0.3, -0.25) is 14.6 Å². The van der Waals surface area contributed by atoms with Crippen molar-refractivity contribution < 1.29 is 9.53 Å². The van der Waals surface area contributed by atoms with E-state index in [0.29, 0.717) is 11.1 Å². The molecule has 0 aliphatic carbocycles. The van der Waals surface area contributed by atoms with Crippen LogP contribution in [-0.2, 0) is 11.8 Å². The molecule has 1 aromatic heterocycles. The molecular formula is C13H11N3O3. The molecule has 96 valence electrons. The van der Waals surface area contributed by atoms with Crippen LogP contribution < -0.4 is 5.56 Å². The van der Waals surface area contributed by atoms with Gasteiger partial charge in [0.2, 0.25) is 0 Å². The Hall–Kier alpha value is -2.81. The van der Waals surface area contributed by atoms with Gasteiger partial charge in [-0.05, 0) is 17.7 Å². The van der Waals surface area contributed by atoms with Crippen LogP contribution >= 0.6 is 0 Å². The van der Waals surface area contributed by atoms with Crippen LogP contribution in [0.25, 0.3) is 11.1 Å². The number of benzene rings is 1. The number of carbonyl (C=O) groups excluding carboxylic acids is 1. The fraction of sp³-hybridized carbons (Fsp3) is 0.154. The van der Waals surface area contributed by atoms with Crippen LogP contribution in [0.1, 0.15) is 16.1 Å². The lowest BCUT2D eigenvalue weighted by atomic mass is 10.0. The number of rotatable bonds is 2. The number of nitrogens with zero attached hydrogens (tertiary/aromatic N) is 2. The van der Waals surface area contributed by atoms with Gasteiger partial charge in [0, 0.05) is 7.05 Å². The van der Waals surface area contributed by atoms with Crippen LogP contribution in [0.3, 0.4) is 0 Å². The minimum absolute atomic E-state index is 0.0742. The van der Waals surface area contributed by atoms with Gasteiger partial charge in [-0.2, -0.15) is 5.26 Å². The van der Waals surface area contributed by atoms with Crippen molar-refractivity contribution in [3.05, 3.63) is 45.9 Å². The topological polar surface area (TPSA) is 87.9 Å². The zero-order chi connectivity index (χ0) is 14.0. The normalized spacial score (nSPS) is 9.95. The van der Waals surface area contributed by atoms with Gasteiger partial charge in [0.05, 0.1) is 24.3 Å². The molecule has 6 nitrogen and oxygen atoms in total. The molecule has 0 fully saturated rings. The van der Waals surface area contributed by atoms with Crippen LogP contribution in [0.4, 0.5) is 0 Å². The highest BCUT2D eigenvalue weighted by Crippen LogP contribution is 2.20. The molecule has 1 aromatic carbocycles. The van der Waals surface area contributed by atoms with Crippen molar-refractivity contribution in [2.24, 2.45) is 7.05 Å². The first kappa shape index (κ1) is 12.6. The molecular weight excluding hydrogens is 246 g/mol. The average Bonchev–Trinajstić information content (AvgIpc) is 2.74. The van der Waals surface area contributed by atoms with Crippen LogP contribution in [0.5, 0.6) is 0 Å². The third kappa shape index (κ3) is 2.13. The Morgan fingerprint density at radius 1 is 1.47 bits per heavy atom. The molecule has 0 aliphatic rings. The summed E-state index contributed by atoms with van der Waals surface area (Å²) in [6, 6.07) is 8.49. The van der Waals surface area contributed by atoms with Crippen LogP contribution in [0.15, 0.2) is 29.1 Å². The first-order chi connectivity index (χ1) is 9.08. The molecule has 6 heteroatoms. The molecule has 0 aliphatic heterocycles. The predicted octanol–water partition coefficient (Wildman–Crippen LogP) is 1.04. The standard InChI is InChI=1S/C13H11N3O3/c1-16-12(17)10(11(15-16)13(18)19-2)9-5-3-4-8(6-9)7-14/h3-6,15H,1-2H3. The maximum absolute atomic E-state index is 12.1. The Bertz CT molecular complexity index is 734. The fourth-order valence-electron chi connectivity index (χ4n) is 1.81. The monoisotopic (exact) mass is 257 g/mol. The van der Waals surface area contributed by atoms with Crippen molar-refractivity contribution in [3.8, 4) is 17.2 Å². The van der Waals surface area contributed by atoms with E-state index in [1.54, 1.807) is 24.3 Å². The van der Waals surface area contributed by atoms with E-state index in [-0.39, 0.29) is 16.8 Å². The molecule has 2 aromatic rings. The van der Waals surface area contributed by atoms with Crippen LogP contribution in [0, 0.1) is 11.3 Å². The summed E-state index contributed by atoms with van der Waals surface area (Å²) in [6.45, 7) is 0. The number of hydrogen-bond donors (Lipinski definition) is 1. The molecule has 0 amide bonds.